The highest BCUT2D eigenvalue weighted by Gasteiger charge is 2.08. The van der Waals surface area contributed by atoms with Crippen molar-refractivity contribution in [3.8, 4) is 0 Å². The molecule has 0 aliphatic rings. The molecule has 1 rings (SSSR count). The highest BCUT2D eigenvalue weighted by atomic mass is 35.5. The predicted octanol–water partition coefficient (Wildman–Crippen LogP) is 1.52. The first-order chi connectivity index (χ1) is 7.65. The van der Waals surface area contributed by atoms with Crippen LogP contribution in [-0.2, 0) is 11.2 Å². The van der Waals surface area contributed by atoms with Gasteiger partial charge in [0.2, 0.25) is 5.91 Å². The van der Waals surface area contributed by atoms with E-state index in [1.807, 2.05) is 0 Å². The van der Waals surface area contributed by atoms with Crippen LogP contribution < -0.4 is 5.32 Å². The van der Waals surface area contributed by atoms with Crippen molar-refractivity contribution in [1.29, 1.82) is 0 Å². The van der Waals surface area contributed by atoms with Gasteiger partial charge >= 0.3 is 0 Å². The highest BCUT2D eigenvalue weighted by molar-refractivity contribution is 6.31. The minimum Gasteiger partial charge on any atom is -0.395 e. The minimum atomic E-state index is -0.401. The molecule has 1 amide bonds. The molecule has 3 nitrogen and oxygen atoms in total. The molecular weight excluding hydrogens is 233 g/mol. The Bertz CT molecular complexity index is 351. The van der Waals surface area contributed by atoms with Crippen LogP contribution in [0.3, 0.4) is 0 Å². The van der Waals surface area contributed by atoms with E-state index >= 15 is 0 Å². The normalized spacial score (nSPS) is 10.2. The number of halogens is 2. The first-order valence-corrected chi connectivity index (χ1v) is 5.33. The lowest BCUT2D eigenvalue weighted by Crippen LogP contribution is -2.26. The molecule has 5 heteroatoms. The summed E-state index contributed by atoms with van der Waals surface area (Å²) in [4.78, 5) is 11.2. The summed E-state index contributed by atoms with van der Waals surface area (Å²) < 4.78 is 13.3. The summed E-state index contributed by atoms with van der Waals surface area (Å²) in [5, 5.41) is 11.3. The molecule has 2 N–H and O–H groups in total. The van der Waals surface area contributed by atoms with Gasteiger partial charge in [-0.15, -0.1) is 0 Å². The quantitative estimate of drug-likeness (QED) is 0.826. The number of benzene rings is 1. The summed E-state index contributed by atoms with van der Waals surface area (Å²) in [5.41, 5.74) is 0.350. The molecule has 0 radical (unpaired) electrons. The third-order valence-electron chi connectivity index (χ3n) is 2.10. The lowest BCUT2D eigenvalue weighted by molar-refractivity contribution is -0.121. The fourth-order valence-electron chi connectivity index (χ4n) is 1.29. The Balaban J connectivity index is 2.51. The average Bonchev–Trinajstić information content (AvgIpc) is 2.25. The number of carbonyl (C=O) groups is 1. The van der Waals surface area contributed by atoms with Gasteiger partial charge in [0, 0.05) is 23.6 Å². The first kappa shape index (κ1) is 12.9. The van der Waals surface area contributed by atoms with Crippen molar-refractivity contribution >= 4 is 17.5 Å². The number of carbonyl (C=O) groups excluding carboxylic acids is 1. The Kier molecular flexibility index (Phi) is 5.22. The molecule has 0 aromatic heterocycles. The summed E-state index contributed by atoms with van der Waals surface area (Å²) in [6, 6.07) is 4.42. The zero-order valence-electron chi connectivity index (χ0n) is 8.67. The molecule has 0 atom stereocenters. The van der Waals surface area contributed by atoms with Gasteiger partial charge in [0.1, 0.15) is 5.82 Å². The van der Waals surface area contributed by atoms with Crippen LogP contribution in [0.2, 0.25) is 5.02 Å². The van der Waals surface area contributed by atoms with Crippen LogP contribution in [0.25, 0.3) is 0 Å². The van der Waals surface area contributed by atoms with Crippen molar-refractivity contribution in [2.45, 2.75) is 12.8 Å². The molecule has 0 aliphatic carbocycles. The Hall–Kier alpha value is -1.13. The zero-order valence-corrected chi connectivity index (χ0v) is 9.43. The monoisotopic (exact) mass is 245 g/mol. The zero-order chi connectivity index (χ0) is 12.0. The van der Waals surface area contributed by atoms with Crippen LogP contribution in [0, 0.1) is 5.82 Å². The van der Waals surface area contributed by atoms with Crippen LogP contribution in [0.4, 0.5) is 4.39 Å². The van der Waals surface area contributed by atoms with Crippen LogP contribution >= 0.6 is 11.6 Å². The minimum absolute atomic E-state index is 0.105. The molecule has 0 fully saturated rings. The molecular formula is C11H13ClFNO2. The summed E-state index contributed by atoms with van der Waals surface area (Å²) in [7, 11) is 0. The SMILES string of the molecule is O=C(CCc1c(F)cccc1Cl)NCCO. The van der Waals surface area contributed by atoms with Gasteiger partial charge in [-0.3, -0.25) is 4.79 Å². The molecule has 0 saturated carbocycles. The molecule has 88 valence electrons. The number of rotatable bonds is 5. The fraction of sp³-hybridized carbons (Fsp3) is 0.364. The molecule has 0 unspecified atom stereocenters. The average molecular weight is 246 g/mol. The van der Waals surface area contributed by atoms with Gasteiger partial charge in [0.05, 0.1) is 6.61 Å². The van der Waals surface area contributed by atoms with Crippen LogP contribution in [0.5, 0.6) is 0 Å². The topological polar surface area (TPSA) is 49.3 Å². The van der Waals surface area contributed by atoms with Gasteiger partial charge in [-0.1, -0.05) is 17.7 Å². The number of aliphatic hydroxyl groups is 1. The largest absolute Gasteiger partial charge is 0.395 e. The van der Waals surface area contributed by atoms with Gasteiger partial charge in [-0.05, 0) is 18.6 Å². The summed E-state index contributed by atoms with van der Waals surface area (Å²) >= 11 is 5.81. The van der Waals surface area contributed by atoms with Crippen molar-refractivity contribution in [3.63, 3.8) is 0 Å². The maximum Gasteiger partial charge on any atom is 0.220 e. The van der Waals surface area contributed by atoms with E-state index in [2.05, 4.69) is 5.32 Å². The van der Waals surface area contributed by atoms with E-state index in [1.54, 1.807) is 6.07 Å². The summed E-state index contributed by atoms with van der Waals surface area (Å²) in [6.45, 7) is 0.107. The molecule has 16 heavy (non-hydrogen) atoms. The smallest absolute Gasteiger partial charge is 0.220 e. The van der Waals surface area contributed by atoms with Gasteiger partial charge in [0.15, 0.2) is 0 Å². The van der Waals surface area contributed by atoms with Gasteiger partial charge in [-0.25, -0.2) is 4.39 Å². The van der Waals surface area contributed by atoms with Crippen LogP contribution in [-0.4, -0.2) is 24.2 Å². The number of hydrogen-bond acceptors (Lipinski definition) is 2. The lowest BCUT2D eigenvalue weighted by Gasteiger charge is -2.06. The van der Waals surface area contributed by atoms with Gasteiger partial charge in [0.25, 0.3) is 0 Å². The molecule has 0 aliphatic heterocycles. The number of aliphatic hydroxyl groups excluding tert-OH is 1. The van der Waals surface area contributed by atoms with E-state index in [1.165, 1.54) is 12.1 Å². The Morgan fingerprint density at radius 1 is 1.50 bits per heavy atom. The molecule has 0 saturated heterocycles. The summed E-state index contributed by atoms with van der Waals surface area (Å²) in [6.07, 6.45) is 0.406. The first-order valence-electron chi connectivity index (χ1n) is 4.95. The Labute approximate surface area is 98.2 Å². The standard InChI is InChI=1S/C11H13ClFNO2/c12-9-2-1-3-10(13)8(9)4-5-11(16)14-6-7-15/h1-3,15H,4-7H2,(H,14,16). The third kappa shape index (κ3) is 3.79. The van der Waals surface area contributed by atoms with E-state index < -0.39 is 5.82 Å². The lowest BCUT2D eigenvalue weighted by atomic mass is 10.1. The van der Waals surface area contributed by atoms with Crippen LogP contribution in [0.1, 0.15) is 12.0 Å². The molecule has 0 heterocycles. The predicted molar refractivity (Wildman–Crippen MR) is 59.8 cm³/mol. The van der Waals surface area contributed by atoms with Crippen molar-refractivity contribution in [3.05, 3.63) is 34.6 Å². The van der Waals surface area contributed by atoms with E-state index in [9.17, 15) is 9.18 Å². The van der Waals surface area contributed by atoms with E-state index in [0.717, 1.165) is 0 Å². The molecule has 0 spiro atoms. The molecule has 0 bridgehead atoms. The fourth-order valence-corrected chi connectivity index (χ4v) is 1.55. The maximum absolute atomic E-state index is 13.3. The Morgan fingerprint density at radius 2 is 2.25 bits per heavy atom. The second-order valence-electron chi connectivity index (χ2n) is 3.27. The second-order valence-corrected chi connectivity index (χ2v) is 3.68. The molecule has 1 aromatic carbocycles. The number of amides is 1. The number of hydrogen-bond donors (Lipinski definition) is 2. The number of nitrogens with one attached hydrogen (secondary N) is 1. The van der Waals surface area contributed by atoms with E-state index in [-0.39, 0.29) is 31.9 Å². The third-order valence-corrected chi connectivity index (χ3v) is 2.45. The Morgan fingerprint density at radius 3 is 2.88 bits per heavy atom. The van der Waals surface area contributed by atoms with Gasteiger partial charge < -0.3 is 10.4 Å². The van der Waals surface area contributed by atoms with E-state index in [4.69, 9.17) is 16.7 Å². The van der Waals surface area contributed by atoms with Gasteiger partial charge in [-0.2, -0.15) is 0 Å². The van der Waals surface area contributed by atoms with Crippen molar-refractivity contribution < 1.29 is 14.3 Å². The van der Waals surface area contributed by atoms with Crippen molar-refractivity contribution in [1.82, 2.24) is 5.32 Å². The van der Waals surface area contributed by atoms with E-state index in [0.29, 0.717) is 10.6 Å². The van der Waals surface area contributed by atoms with Crippen LogP contribution in [0.15, 0.2) is 18.2 Å². The second kappa shape index (κ2) is 6.45. The summed E-state index contributed by atoms with van der Waals surface area (Å²) in [5.74, 6) is -0.629. The highest BCUT2D eigenvalue weighted by Crippen LogP contribution is 2.20. The van der Waals surface area contributed by atoms with Crippen molar-refractivity contribution in [2.24, 2.45) is 0 Å². The maximum atomic E-state index is 13.3. The molecule has 1 aromatic rings. The van der Waals surface area contributed by atoms with Crippen molar-refractivity contribution in [2.75, 3.05) is 13.2 Å².